The number of nitrogens with one attached hydrogen (secondary N) is 1. The molecule has 5 heteroatoms. The van der Waals surface area contributed by atoms with Crippen molar-refractivity contribution in [1.82, 2.24) is 5.32 Å². The molecular formula is C51H99NO4. The summed E-state index contributed by atoms with van der Waals surface area (Å²) in [6.07, 6.45) is 57.9. The SMILES string of the molecule is CCCCCCCCCCC/C=C\C/C=C\CCCCCCCCCCCCCCCCCCC(O)C(=O)NC(CO)C(O)CCCCCCCCCCCC. The fraction of sp³-hybridized carbons (Fsp3) is 0.902. The van der Waals surface area contributed by atoms with Crippen molar-refractivity contribution in [3.05, 3.63) is 24.3 Å². The Kier molecular flexibility index (Phi) is 45.5. The molecule has 3 unspecified atom stereocenters. The van der Waals surface area contributed by atoms with Gasteiger partial charge in [-0.15, -0.1) is 0 Å². The number of hydrogen-bond acceptors (Lipinski definition) is 4. The first-order chi connectivity index (χ1) is 27.6. The minimum atomic E-state index is -1.07. The first-order valence-corrected chi connectivity index (χ1v) is 25.1. The van der Waals surface area contributed by atoms with Crippen molar-refractivity contribution in [2.45, 2.75) is 289 Å². The van der Waals surface area contributed by atoms with E-state index in [1.165, 1.54) is 205 Å². The van der Waals surface area contributed by atoms with E-state index in [0.717, 1.165) is 38.5 Å². The van der Waals surface area contributed by atoms with E-state index in [0.29, 0.717) is 12.8 Å². The fourth-order valence-corrected chi connectivity index (χ4v) is 7.87. The lowest BCUT2D eigenvalue weighted by molar-refractivity contribution is -0.131. The van der Waals surface area contributed by atoms with Crippen LogP contribution in [-0.4, -0.2) is 46.1 Å². The predicted octanol–water partition coefficient (Wildman–Crippen LogP) is 14.9. The van der Waals surface area contributed by atoms with E-state index in [-0.39, 0.29) is 6.61 Å². The number of allylic oxidation sites excluding steroid dienone is 4. The van der Waals surface area contributed by atoms with Crippen LogP contribution < -0.4 is 5.32 Å². The van der Waals surface area contributed by atoms with Crippen LogP contribution in [0, 0.1) is 0 Å². The molecule has 56 heavy (non-hydrogen) atoms. The number of unbranched alkanes of at least 4 members (excludes halogenated alkanes) is 34. The second-order valence-corrected chi connectivity index (χ2v) is 17.4. The summed E-state index contributed by atoms with van der Waals surface area (Å²) in [7, 11) is 0. The molecule has 0 spiro atoms. The molecule has 0 aromatic rings. The largest absolute Gasteiger partial charge is 0.394 e. The number of aliphatic hydroxyl groups is 3. The summed E-state index contributed by atoms with van der Waals surface area (Å²) in [5.74, 6) is -0.470. The van der Waals surface area contributed by atoms with Crippen molar-refractivity contribution in [3.63, 3.8) is 0 Å². The quantitative estimate of drug-likeness (QED) is 0.0365. The maximum atomic E-state index is 12.5. The topological polar surface area (TPSA) is 89.8 Å². The molecule has 1 amide bonds. The average molecular weight is 790 g/mol. The molecule has 3 atom stereocenters. The van der Waals surface area contributed by atoms with E-state index in [2.05, 4.69) is 43.5 Å². The van der Waals surface area contributed by atoms with E-state index in [1.54, 1.807) is 0 Å². The van der Waals surface area contributed by atoms with Crippen LogP contribution in [0.15, 0.2) is 24.3 Å². The monoisotopic (exact) mass is 790 g/mol. The lowest BCUT2D eigenvalue weighted by Crippen LogP contribution is -2.49. The third-order valence-corrected chi connectivity index (χ3v) is 11.8. The molecule has 0 rings (SSSR count). The van der Waals surface area contributed by atoms with Gasteiger partial charge in [-0.1, -0.05) is 250 Å². The second-order valence-electron chi connectivity index (χ2n) is 17.4. The molecule has 4 N–H and O–H groups in total. The van der Waals surface area contributed by atoms with Crippen LogP contribution in [0.3, 0.4) is 0 Å². The summed E-state index contributed by atoms with van der Waals surface area (Å²) in [4.78, 5) is 12.5. The van der Waals surface area contributed by atoms with Gasteiger partial charge in [-0.05, 0) is 44.9 Å². The average Bonchev–Trinajstić information content (AvgIpc) is 3.20. The molecular weight excluding hydrogens is 691 g/mol. The zero-order valence-corrected chi connectivity index (χ0v) is 37.8. The molecule has 5 nitrogen and oxygen atoms in total. The summed E-state index contributed by atoms with van der Waals surface area (Å²) in [6, 6.07) is -0.708. The van der Waals surface area contributed by atoms with Gasteiger partial charge in [-0.25, -0.2) is 0 Å². The Hall–Kier alpha value is -1.17. The Morgan fingerprint density at radius 2 is 0.732 bits per heavy atom. The highest BCUT2D eigenvalue weighted by Gasteiger charge is 2.23. The van der Waals surface area contributed by atoms with Gasteiger partial charge in [-0.2, -0.15) is 0 Å². The van der Waals surface area contributed by atoms with Gasteiger partial charge in [0.2, 0.25) is 5.91 Å². The van der Waals surface area contributed by atoms with Gasteiger partial charge in [-0.3, -0.25) is 4.79 Å². The lowest BCUT2D eigenvalue weighted by atomic mass is 10.0. The molecule has 0 aliphatic carbocycles. The highest BCUT2D eigenvalue weighted by molar-refractivity contribution is 5.80. The number of rotatable bonds is 46. The fourth-order valence-electron chi connectivity index (χ4n) is 7.87. The van der Waals surface area contributed by atoms with Crippen molar-refractivity contribution in [2.24, 2.45) is 0 Å². The van der Waals surface area contributed by atoms with Crippen LogP contribution in [0.1, 0.15) is 271 Å². The third kappa shape index (κ3) is 41.0. The Labute approximate surface area is 350 Å². The van der Waals surface area contributed by atoms with Crippen molar-refractivity contribution in [3.8, 4) is 0 Å². The summed E-state index contributed by atoms with van der Waals surface area (Å²) >= 11 is 0. The Balaban J connectivity index is 3.48. The van der Waals surface area contributed by atoms with Gasteiger partial charge >= 0.3 is 0 Å². The van der Waals surface area contributed by atoms with E-state index >= 15 is 0 Å². The molecule has 0 aliphatic rings. The molecule has 0 aromatic heterocycles. The van der Waals surface area contributed by atoms with Gasteiger partial charge in [0.05, 0.1) is 18.8 Å². The zero-order valence-electron chi connectivity index (χ0n) is 37.8. The number of hydrogen-bond donors (Lipinski definition) is 4. The van der Waals surface area contributed by atoms with Crippen molar-refractivity contribution >= 4 is 5.91 Å². The molecule has 332 valence electrons. The van der Waals surface area contributed by atoms with Crippen LogP contribution in [0.4, 0.5) is 0 Å². The van der Waals surface area contributed by atoms with Crippen molar-refractivity contribution in [2.75, 3.05) is 6.61 Å². The first kappa shape index (κ1) is 54.8. The number of carbonyl (C=O) groups is 1. The molecule has 0 saturated heterocycles. The summed E-state index contributed by atoms with van der Waals surface area (Å²) in [5, 5.41) is 33.3. The van der Waals surface area contributed by atoms with Crippen molar-refractivity contribution < 1.29 is 20.1 Å². The van der Waals surface area contributed by atoms with Crippen molar-refractivity contribution in [1.29, 1.82) is 0 Å². The van der Waals surface area contributed by atoms with Gasteiger partial charge in [0.1, 0.15) is 6.10 Å². The highest BCUT2D eigenvalue weighted by Crippen LogP contribution is 2.17. The molecule has 0 fully saturated rings. The minimum Gasteiger partial charge on any atom is -0.394 e. The zero-order chi connectivity index (χ0) is 40.8. The van der Waals surface area contributed by atoms with Gasteiger partial charge in [0.15, 0.2) is 0 Å². The lowest BCUT2D eigenvalue weighted by Gasteiger charge is -2.23. The van der Waals surface area contributed by atoms with Crippen LogP contribution in [0.2, 0.25) is 0 Å². The Bertz CT molecular complexity index is 829. The van der Waals surface area contributed by atoms with Gasteiger partial charge in [0.25, 0.3) is 0 Å². The molecule has 0 bridgehead atoms. The van der Waals surface area contributed by atoms with Crippen LogP contribution in [-0.2, 0) is 4.79 Å². The summed E-state index contributed by atoms with van der Waals surface area (Å²) in [6.45, 7) is 4.22. The normalized spacial score (nSPS) is 13.6. The van der Waals surface area contributed by atoms with Crippen LogP contribution >= 0.6 is 0 Å². The maximum Gasteiger partial charge on any atom is 0.249 e. The van der Waals surface area contributed by atoms with E-state index < -0.39 is 24.2 Å². The molecule has 0 heterocycles. The van der Waals surface area contributed by atoms with E-state index in [9.17, 15) is 20.1 Å². The molecule has 0 saturated carbocycles. The second kappa shape index (κ2) is 46.5. The molecule has 0 aliphatic heterocycles. The maximum absolute atomic E-state index is 12.5. The molecule has 0 aromatic carbocycles. The van der Waals surface area contributed by atoms with E-state index in [4.69, 9.17) is 0 Å². The number of aliphatic hydroxyl groups excluding tert-OH is 3. The summed E-state index contributed by atoms with van der Waals surface area (Å²) < 4.78 is 0. The first-order valence-electron chi connectivity index (χ1n) is 25.1. The minimum absolute atomic E-state index is 0.311. The predicted molar refractivity (Wildman–Crippen MR) is 245 cm³/mol. The van der Waals surface area contributed by atoms with Crippen LogP contribution in [0.25, 0.3) is 0 Å². The standard InChI is InChI=1S/C51H99NO4/c1-3-5-7-9-11-13-15-16-17-18-19-20-21-22-23-24-25-26-27-28-29-30-31-32-33-34-35-36-38-40-42-44-46-50(55)51(56)52-48(47-53)49(54)45-43-41-39-37-14-12-10-8-6-4-2/h19-20,22-23,48-50,53-55H,3-18,21,24-47H2,1-2H3,(H,52,56)/b20-19-,23-22-. The summed E-state index contributed by atoms with van der Waals surface area (Å²) in [5.41, 5.74) is 0. The van der Waals surface area contributed by atoms with Gasteiger partial charge < -0.3 is 20.6 Å². The third-order valence-electron chi connectivity index (χ3n) is 11.8. The van der Waals surface area contributed by atoms with Crippen LogP contribution in [0.5, 0.6) is 0 Å². The Morgan fingerprint density at radius 1 is 0.429 bits per heavy atom. The number of carbonyl (C=O) groups excluding carboxylic acids is 1. The highest BCUT2D eigenvalue weighted by atomic mass is 16.3. The number of amides is 1. The smallest absolute Gasteiger partial charge is 0.249 e. The Morgan fingerprint density at radius 3 is 1.07 bits per heavy atom. The molecule has 0 radical (unpaired) electrons. The van der Waals surface area contributed by atoms with Gasteiger partial charge in [0, 0.05) is 0 Å². The van der Waals surface area contributed by atoms with E-state index in [1.807, 2.05) is 0 Å².